The van der Waals surface area contributed by atoms with Gasteiger partial charge >= 0.3 is 5.69 Å². The van der Waals surface area contributed by atoms with E-state index in [0.29, 0.717) is 20.2 Å². The lowest BCUT2D eigenvalue weighted by Crippen LogP contribution is -2.35. The normalized spacial score (nSPS) is 12.2. The highest BCUT2D eigenvalue weighted by atomic mass is 35.5. The van der Waals surface area contributed by atoms with Crippen molar-refractivity contribution in [3.8, 4) is 5.88 Å². The van der Waals surface area contributed by atoms with Crippen LogP contribution < -0.4 is 16.0 Å². The van der Waals surface area contributed by atoms with E-state index in [-0.39, 0.29) is 35.6 Å². The second-order valence-electron chi connectivity index (χ2n) is 9.67. The summed E-state index contributed by atoms with van der Waals surface area (Å²) in [5.74, 6) is -2.69. The Morgan fingerprint density at radius 1 is 1.12 bits per heavy atom. The first-order valence-corrected chi connectivity index (χ1v) is 13.8. The molecule has 0 aliphatic carbocycles. The Kier molecular flexibility index (Phi) is 7.71. The molecule has 0 fully saturated rings. The second kappa shape index (κ2) is 10.6. The highest BCUT2D eigenvalue weighted by molar-refractivity contribution is 7.89. The van der Waals surface area contributed by atoms with Crippen LogP contribution in [0.3, 0.4) is 0 Å². The van der Waals surface area contributed by atoms with Gasteiger partial charge in [0.1, 0.15) is 24.6 Å². The fourth-order valence-electron chi connectivity index (χ4n) is 3.97. The van der Waals surface area contributed by atoms with Gasteiger partial charge in [0.2, 0.25) is 21.8 Å². The topological polar surface area (TPSA) is 142 Å². The summed E-state index contributed by atoms with van der Waals surface area (Å²) in [6.07, 6.45) is 1.46. The largest absolute Gasteiger partial charge is 0.471 e. The van der Waals surface area contributed by atoms with Crippen LogP contribution in [0.2, 0.25) is 5.02 Å². The van der Waals surface area contributed by atoms with Crippen LogP contribution in [0, 0.1) is 11.6 Å². The summed E-state index contributed by atoms with van der Waals surface area (Å²) in [5.41, 5.74) is -3.04. The van der Waals surface area contributed by atoms with Crippen LogP contribution in [0.5, 0.6) is 5.88 Å². The first-order chi connectivity index (χ1) is 18.6. The van der Waals surface area contributed by atoms with Gasteiger partial charge in [-0.15, -0.1) is 0 Å². The lowest BCUT2D eigenvalue weighted by Gasteiger charge is -2.15. The Morgan fingerprint density at radius 3 is 2.45 bits per heavy atom. The van der Waals surface area contributed by atoms with E-state index in [4.69, 9.17) is 16.3 Å². The molecule has 2 heterocycles. The minimum atomic E-state index is -4.16. The van der Waals surface area contributed by atoms with E-state index in [2.05, 4.69) is 4.98 Å². The minimum Gasteiger partial charge on any atom is -0.471 e. The number of rotatable bonds is 8. The molecular formula is C25H23ClF2N4O7S. The lowest BCUT2D eigenvalue weighted by atomic mass is 10.1. The van der Waals surface area contributed by atoms with Gasteiger partial charge < -0.3 is 9.84 Å². The van der Waals surface area contributed by atoms with Gasteiger partial charge in [0, 0.05) is 11.6 Å². The molecule has 0 radical (unpaired) electrons. The van der Waals surface area contributed by atoms with Crippen LogP contribution in [-0.2, 0) is 23.2 Å². The molecule has 1 N–H and O–H groups in total. The Hall–Kier alpha value is -3.88. The van der Waals surface area contributed by atoms with Crippen molar-refractivity contribution in [1.82, 2.24) is 18.1 Å². The average Bonchev–Trinajstić information content (AvgIpc) is 3.13. The second-order valence-corrected chi connectivity index (χ2v) is 11.9. The molecule has 11 nitrogen and oxygen atoms in total. The van der Waals surface area contributed by atoms with Crippen LogP contribution in [0.15, 0.2) is 52.3 Å². The SMILES string of the molecule is CC(C)(O)CC(=O)n1c(=O)n(S(C)(=O)=O)c2cc(Cn3cnc(OCc4ccc(F)cc4F)c(Cl)c3=O)ccc21. The van der Waals surface area contributed by atoms with Crippen LogP contribution in [0.25, 0.3) is 11.0 Å². The predicted molar refractivity (Wildman–Crippen MR) is 141 cm³/mol. The summed E-state index contributed by atoms with van der Waals surface area (Å²) < 4.78 is 59.4. The van der Waals surface area contributed by atoms with E-state index in [1.165, 1.54) is 38.1 Å². The van der Waals surface area contributed by atoms with Crippen molar-refractivity contribution in [1.29, 1.82) is 0 Å². The number of imidazole rings is 1. The number of aromatic nitrogens is 4. The molecule has 2 aromatic carbocycles. The molecule has 15 heteroatoms. The Bertz CT molecular complexity index is 1870. The third-order valence-corrected chi connectivity index (χ3v) is 7.05. The van der Waals surface area contributed by atoms with Crippen molar-refractivity contribution in [2.45, 2.75) is 39.0 Å². The van der Waals surface area contributed by atoms with Crippen molar-refractivity contribution < 1.29 is 31.8 Å². The number of fused-ring (bicyclic) bond motifs is 1. The zero-order chi connectivity index (χ0) is 29.6. The smallest absolute Gasteiger partial charge is 0.349 e. The van der Waals surface area contributed by atoms with E-state index in [1.807, 2.05) is 0 Å². The third kappa shape index (κ3) is 5.98. The number of carbonyl (C=O) groups excluding carboxylic acids is 1. The molecule has 4 rings (SSSR count). The summed E-state index contributed by atoms with van der Waals surface area (Å²) in [5, 5.41) is 9.61. The lowest BCUT2D eigenvalue weighted by molar-refractivity contribution is 0.0530. The van der Waals surface area contributed by atoms with Crippen molar-refractivity contribution in [3.63, 3.8) is 0 Å². The van der Waals surface area contributed by atoms with Crippen LogP contribution >= 0.6 is 11.6 Å². The number of carbonyl (C=O) groups is 1. The molecule has 0 saturated carbocycles. The standard InChI is InChI=1S/C25H23ClF2N4O7S/c1-25(2,36)10-20(33)31-18-7-4-14(8-19(18)32(24(31)35)40(3,37)38)11-30-13-29-22(21(26)23(30)34)39-12-15-5-6-16(27)9-17(15)28/h4-9,13,36H,10-12H2,1-3H3. The molecule has 2 aromatic heterocycles. The molecule has 40 heavy (non-hydrogen) atoms. The third-order valence-electron chi connectivity index (χ3n) is 5.71. The van der Waals surface area contributed by atoms with Gasteiger partial charge in [-0.25, -0.2) is 31.5 Å². The molecule has 4 aromatic rings. The van der Waals surface area contributed by atoms with Gasteiger partial charge in [0.05, 0.1) is 35.9 Å². The number of ether oxygens (including phenoxy) is 1. The fourth-order valence-corrected chi connectivity index (χ4v) is 5.05. The number of hydrogen-bond donors (Lipinski definition) is 1. The van der Waals surface area contributed by atoms with Crippen molar-refractivity contribution in [3.05, 3.63) is 91.3 Å². The van der Waals surface area contributed by atoms with Gasteiger partial charge in [0.25, 0.3) is 5.56 Å². The first kappa shape index (κ1) is 29.1. The molecule has 212 valence electrons. The number of aliphatic hydroxyl groups is 1. The number of halogens is 3. The Labute approximate surface area is 230 Å². The molecule has 0 atom stereocenters. The first-order valence-electron chi connectivity index (χ1n) is 11.6. The maximum atomic E-state index is 13.9. The van der Waals surface area contributed by atoms with E-state index in [9.17, 15) is 36.7 Å². The quantitative estimate of drug-likeness (QED) is 0.327. The van der Waals surface area contributed by atoms with E-state index >= 15 is 0 Å². The van der Waals surface area contributed by atoms with E-state index < -0.39 is 55.9 Å². The highest BCUT2D eigenvalue weighted by Gasteiger charge is 2.27. The average molecular weight is 597 g/mol. The minimum absolute atomic E-state index is 0.00583. The Balaban J connectivity index is 1.68. The van der Waals surface area contributed by atoms with Crippen molar-refractivity contribution in [2.24, 2.45) is 0 Å². The molecule has 0 unspecified atom stereocenters. The molecule has 0 bridgehead atoms. The monoisotopic (exact) mass is 596 g/mol. The van der Waals surface area contributed by atoms with Gasteiger partial charge in [-0.05, 0) is 43.7 Å². The van der Waals surface area contributed by atoms with E-state index in [1.54, 1.807) is 0 Å². The Morgan fingerprint density at radius 2 is 1.82 bits per heavy atom. The molecule has 0 saturated heterocycles. The zero-order valence-electron chi connectivity index (χ0n) is 21.4. The maximum Gasteiger partial charge on any atom is 0.349 e. The predicted octanol–water partition coefficient (Wildman–Crippen LogP) is 2.53. The summed E-state index contributed by atoms with van der Waals surface area (Å²) in [6.45, 7) is 2.22. The zero-order valence-corrected chi connectivity index (χ0v) is 23.0. The molecule has 0 aliphatic rings. The van der Waals surface area contributed by atoms with Crippen LogP contribution in [0.1, 0.15) is 36.2 Å². The van der Waals surface area contributed by atoms with Gasteiger partial charge in [-0.2, -0.15) is 3.97 Å². The molecule has 0 spiro atoms. The van der Waals surface area contributed by atoms with Crippen molar-refractivity contribution in [2.75, 3.05) is 6.26 Å². The van der Waals surface area contributed by atoms with Crippen LogP contribution in [0.4, 0.5) is 8.78 Å². The van der Waals surface area contributed by atoms with E-state index in [0.717, 1.165) is 23.2 Å². The molecular weight excluding hydrogens is 574 g/mol. The summed E-state index contributed by atoms with van der Waals surface area (Å²) >= 11 is 6.13. The molecule has 0 amide bonds. The highest BCUT2D eigenvalue weighted by Crippen LogP contribution is 2.22. The number of nitrogens with zero attached hydrogens (tertiary/aromatic N) is 4. The summed E-state index contributed by atoms with van der Waals surface area (Å²) in [7, 11) is -4.16. The summed E-state index contributed by atoms with van der Waals surface area (Å²) in [4.78, 5) is 42.6. The number of hydrogen-bond acceptors (Lipinski definition) is 8. The molecule has 0 aliphatic heterocycles. The van der Waals surface area contributed by atoms with Gasteiger partial charge in [-0.3, -0.25) is 14.2 Å². The van der Waals surface area contributed by atoms with Crippen molar-refractivity contribution >= 4 is 38.6 Å². The summed E-state index contributed by atoms with van der Waals surface area (Å²) in [6, 6.07) is 7.07. The van der Waals surface area contributed by atoms with Gasteiger partial charge in [0.15, 0.2) is 5.02 Å². The van der Waals surface area contributed by atoms with Gasteiger partial charge in [-0.1, -0.05) is 17.7 Å². The fraction of sp³-hybridized carbons (Fsp3) is 0.280. The number of benzene rings is 2. The van der Waals surface area contributed by atoms with Crippen LogP contribution in [-0.4, -0.2) is 49.4 Å². The maximum absolute atomic E-state index is 13.9.